The van der Waals surface area contributed by atoms with Crippen LogP contribution >= 0.6 is 0 Å². The number of hydrogen-bond acceptors (Lipinski definition) is 5. The normalized spacial score (nSPS) is 20.6. The average molecular weight is 276 g/mol. The number of alkyl halides is 3. The number of hydrogen-bond donors (Lipinski definition) is 1. The largest absolute Gasteiger partial charge is 0.433 e. The van der Waals surface area contributed by atoms with Crippen molar-refractivity contribution in [3.63, 3.8) is 0 Å². The highest BCUT2D eigenvalue weighted by Crippen LogP contribution is 2.30. The zero-order valence-corrected chi connectivity index (χ0v) is 10.4. The van der Waals surface area contributed by atoms with Crippen LogP contribution in [0.25, 0.3) is 0 Å². The van der Waals surface area contributed by atoms with E-state index in [1.54, 1.807) is 4.90 Å². The summed E-state index contributed by atoms with van der Waals surface area (Å²) >= 11 is 0. The lowest BCUT2D eigenvalue weighted by Crippen LogP contribution is -2.42. The molecule has 1 unspecified atom stereocenters. The van der Waals surface area contributed by atoms with Gasteiger partial charge in [0, 0.05) is 19.2 Å². The van der Waals surface area contributed by atoms with Gasteiger partial charge in [-0.3, -0.25) is 0 Å². The van der Waals surface area contributed by atoms with Gasteiger partial charge in [-0.15, -0.1) is 0 Å². The number of nitrogens with two attached hydrogens (primary N) is 1. The van der Waals surface area contributed by atoms with E-state index in [9.17, 15) is 13.2 Å². The molecule has 1 atom stereocenters. The van der Waals surface area contributed by atoms with Crippen LogP contribution in [0.3, 0.4) is 0 Å². The van der Waals surface area contributed by atoms with E-state index in [4.69, 9.17) is 10.5 Å². The van der Waals surface area contributed by atoms with E-state index in [1.165, 1.54) is 0 Å². The van der Waals surface area contributed by atoms with Gasteiger partial charge in [0.25, 0.3) is 0 Å². The van der Waals surface area contributed by atoms with Crippen molar-refractivity contribution < 1.29 is 17.9 Å². The number of aromatic nitrogens is 2. The number of halogens is 3. The minimum absolute atomic E-state index is 0.000670. The summed E-state index contributed by atoms with van der Waals surface area (Å²) in [6, 6.07) is 0.925. The molecule has 0 aromatic carbocycles. The predicted molar refractivity (Wildman–Crippen MR) is 63.7 cm³/mol. The molecule has 8 heteroatoms. The molecule has 106 valence electrons. The molecule has 0 bridgehead atoms. The van der Waals surface area contributed by atoms with Gasteiger partial charge in [-0.25, -0.2) is 4.98 Å². The van der Waals surface area contributed by atoms with Crippen molar-refractivity contribution in [1.29, 1.82) is 0 Å². The molecule has 1 fully saturated rings. The maximum atomic E-state index is 12.7. The first kappa shape index (κ1) is 13.9. The summed E-state index contributed by atoms with van der Waals surface area (Å²) in [5.74, 6) is -0.175. The molecular formula is C11H15F3N4O. The first-order valence-corrected chi connectivity index (χ1v) is 5.98. The summed E-state index contributed by atoms with van der Waals surface area (Å²) in [7, 11) is 0. The van der Waals surface area contributed by atoms with Gasteiger partial charge in [-0.05, 0) is 6.42 Å². The molecule has 1 aromatic heterocycles. The third-order valence-corrected chi connectivity index (χ3v) is 2.94. The molecule has 1 aliphatic heterocycles. The fourth-order valence-corrected chi connectivity index (χ4v) is 1.93. The smallest absolute Gasteiger partial charge is 0.375 e. The number of rotatable bonds is 2. The Labute approximate surface area is 108 Å². The van der Waals surface area contributed by atoms with Crippen molar-refractivity contribution >= 4 is 11.8 Å². The Morgan fingerprint density at radius 1 is 1.47 bits per heavy atom. The number of anilines is 2. The summed E-state index contributed by atoms with van der Waals surface area (Å²) in [4.78, 5) is 8.84. The van der Waals surface area contributed by atoms with Crippen LogP contribution in [-0.4, -0.2) is 35.8 Å². The Bertz CT molecular complexity index is 452. The second-order valence-corrected chi connectivity index (χ2v) is 4.31. The molecule has 0 spiro atoms. The van der Waals surface area contributed by atoms with Crippen LogP contribution in [0.15, 0.2) is 6.07 Å². The molecule has 2 rings (SSSR count). The first-order chi connectivity index (χ1) is 8.90. The van der Waals surface area contributed by atoms with Crippen molar-refractivity contribution in [1.82, 2.24) is 9.97 Å². The van der Waals surface area contributed by atoms with Crippen LogP contribution in [0, 0.1) is 0 Å². The lowest BCUT2D eigenvalue weighted by molar-refractivity contribution is -0.141. The quantitative estimate of drug-likeness (QED) is 0.890. The molecule has 5 nitrogen and oxygen atoms in total. The summed E-state index contributed by atoms with van der Waals surface area (Å²) in [5, 5.41) is 0. The highest BCUT2D eigenvalue weighted by molar-refractivity contribution is 5.44. The fraction of sp³-hybridized carbons (Fsp3) is 0.636. The second-order valence-electron chi connectivity index (χ2n) is 4.31. The zero-order valence-electron chi connectivity index (χ0n) is 10.4. The Hall–Kier alpha value is -1.57. The maximum absolute atomic E-state index is 12.7. The number of ether oxygens (including phenoxy) is 1. The van der Waals surface area contributed by atoms with Crippen molar-refractivity contribution in [3.05, 3.63) is 11.8 Å². The minimum Gasteiger partial charge on any atom is -0.375 e. The van der Waals surface area contributed by atoms with E-state index >= 15 is 0 Å². The molecule has 2 N–H and O–H groups in total. The van der Waals surface area contributed by atoms with Crippen LogP contribution in [0.5, 0.6) is 0 Å². The molecule has 19 heavy (non-hydrogen) atoms. The highest BCUT2D eigenvalue weighted by atomic mass is 19.4. The van der Waals surface area contributed by atoms with E-state index in [0.717, 1.165) is 12.5 Å². The molecule has 0 aliphatic carbocycles. The molecule has 1 saturated heterocycles. The van der Waals surface area contributed by atoms with Gasteiger partial charge >= 0.3 is 6.18 Å². The zero-order chi connectivity index (χ0) is 14.0. The van der Waals surface area contributed by atoms with Gasteiger partial charge in [0.2, 0.25) is 5.95 Å². The van der Waals surface area contributed by atoms with E-state index in [0.29, 0.717) is 19.7 Å². The topological polar surface area (TPSA) is 64.3 Å². The number of morpholine rings is 1. The predicted octanol–water partition coefficient (Wildman–Crippen LogP) is 1.69. The lowest BCUT2D eigenvalue weighted by Gasteiger charge is -2.33. The lowest BCUT2D eigenvalue weighted by atomic mass is 10.2. The third kappa shape index (κ3) is 3.25. The Balaban J connectivity index is 2.26. The monoisotopic (exact) mass is 276 g/mol. The van der Waals surface area contributed by atoms with Gasteiger partial charge < -0.3 is 15.4 Å². The van der Waals surface area contributed by atoms with Gasteiger partial charge in [0.1, 0.15) is 5.82 Å². The average Bonchev–Trinajstić information content (AvgIpc) is 2.37. The van der Waals surface area contributed by atoms with Crippen LogP contribution < -0.4 is 10.6 Å². The fourth-order valence-electron chi connectivity index (χ4n) is 1.93. The first-order valence-electron chi connectivity index (χ1n) is 5.98. The molecule has 2 heterocycles. The molecular weight excluding hydrogens is 261 g/mol. The van der Waals surface area contributed by atoms with Crippen LogP contribution in [0.2, 0.25) is 0 Å². The van der Waals surface area contributed by atoms with Crippen molar-refractivity contribution in [2.24, 2.45) is 0 Å². The van der Waals surface area contributed by atoms with Gasteiger partial charge in [-0.1, -0.05) is 6.92 Å². The minimum atomic E-state index is -4.53. The van der Waals surface area contributed by atoms with Crippen LogP contribution in [0.1, 0.15) is 19.0 Å². The van der Waals surface area contributed by atoms with Crippen molar-refractivity contribution in [2.75, 3.05) is 30.3 Å². The van der Waals surface area contributed by atoms with E-state index in [-0.39, 0.29) is 17.9 Å². The second kappa shape index (κ2) is 5.20. The summed E-state index contributed by atoms with van der Waals surface area (Å²) in [6.45, 7) is 3.42. The molecule has 0 radical (unpaired) electrons. The summed E-state index contributed by atoms with van der Waals surface area (Å²) in [6.07, 6.45) is -3.73. The molecule has 1 aliphatic rings. The van der Waals surface area contributed by atoms with E-state index < -0.39 is 11.9 Å². The van der Waals surface area contributed by atoms with Crippen molar-refractivity contribution in [3.8, 4) is 0 Å². The van der Waals surface area contributed by atoms with Gasteiger partial charge in [-0.2, -0.15) is 18.2 Å². The van der Waals surface area contributed by atoms with Gasteiger partial charge in [0.05, 0.1) is 12.7 Å². The number of nitrogen functional groups attached to an aromatic ring is 1. The van der Waals surface area contributed by atoms with Gasteiger partial charge in [0.15, 0.2) is 5.69 Å². The Morgan fingerprint density at radius 2 is 2.21 bits per heavy atom. The Morgan fingerprint density at radius 3 is 2.84 bits per heavy atom. The molecule has 0 saturated carbocycles. The molecule has 0 amide bonds. The highest BCUT2D eigenvalue weighted by Gasteiger charge is 2.34. The van der Waals surface area contributed by atoms with Crippen LogP contribution in [0.4, 0.5) is 24.9 Å². The SMILES string of the molecule is CCC1CN(c2cc(C(F)(F)F)nc(N)n2)CCO1. The van der Waals surface area contributed by atoms with Crippen molar-refractivity contribution in [2.45, 2.75) is 25.6 Å². The standard InChI is InChI=1S/C11H15F3N4O/c1-2-7-6-18(3-4-19-7)9-5-8(11(12,13)14)16-10(15)17-9/h5,7H,2-4,6H2,1H3,(H2,15,16,17). The third-order valence-electron chi connectivity index (χ3n) is 2.94. The number of nitrogens with zero attached hydrogens (tertiary/aromatic N) is 3. The summed E-state index contributed by atoms with van der Waals surface area (Å²) < 4.78 is 43.5. The Kier molecular flexibility index (Phi) is 3.79. The molecule has 1 aromatic rings. The van der Waals surface area contributed by atoms with E-state index in [2.05, 4.69) is 9.97 Å². The van der Waals surface area contributed by atoms with Crippen LogP contribution in [-0.2, 0) is 10.9 Å². The van der Waals surface area contributed by atoms with E-state index in [1.807, 2.05) is 6.92 Å². The summed E-state index contributed by atoms with van der Waals surface area (Å²) in [5.41, 5.74) is 4.33. The maximum Gasteiger partial charge on any atom is 0.433 e.